The fourth-order valence-corrected chi connectivity index (χ4v) is 2.61. The molecular formula is C15H13BrFN5O5. The van der Waals surface area contributed by atoms with Gasteiger partial charge in [0.05, 0.1) is 17.3 Å². The molecule has 142 valence electrons. The van der Waals surface area contributed by atoms with E-state index in [2.05, 4.69) is 41.5 Å². The van der Waals surface area contributed by atoms with E-state index in [1.54, 1.807) is 0 Å². The molecule has 27 heavy (non-hydrogen) atoms. The van der Waals surface area contributed by atoms with Crippen LogP contribution in [0, 0.1) is 5.82 Å². The second kappa shape index (κ2) is 8.12. The molecule has 0 aliphatic rings. The molecule has 2 heterocycles. The summed E-state index contributed by atoms with van der Waals surface area (Å²) in [4.78, 5) is 23.2. The van der Waals surface area contributed by atoms with Gasteiger partial charge in [-0.2, -0.15) is 0 Å². The van der Waals surface area contributed by atoms with Gasteiger partial charge < -0.3 is 10.1 Å². The number of methoxy groups -OCH3 is 1. The first-order valence-electron chi connectivity index (χ1n) is 7.69. The smallest absolute Gasteiger partial charge is 0.446 e. The van der Waals surface area contributed by atoms with Gasteiger partial charge in [-0.15, -0.1) is 0 Å². The van der Waals surface area contributed by atoms with Crippen molar-refractivity contribution in [1.29, 1.82) is 0 Å². The van der Waals surface area contributed by atoms with Crippen molar-refractivity contribution < 1.29 is 23.1 Å². The minimum Gasteiger partial charge on any atom is -0.469 e. The van der Waals surface area contributed by atoms with Gasteiger partial charge in [0.1, 0.15) is 5.82 Å². The average molecular weight is 442 g/mol. The molecule has 0 atom stereocenters. The van der Waals surface area contributed by atoms with Crippen molar-refractivity contribution in [2.75, 3.05) is 19.0 Å². The van der Waals surface area contributed by atoms with E-state index < -0.39 is 11.6 Å². The molecule has 0 bridgehead atoms. The molecule has 0 aliphatic carbocycles. The number of ether oxygens (including phenoxy) is 1. The van der Waals surface area contributed by atoms with Crippen LogP contribution in [0.3, 0.4) is 0 Å². The zero-order valence-corrected chi connectivity index (χ0v) is 15.5. The molecule has 0 spiro atoms. The number of nitrogens with zero attached hydrogens (tertiary/aromatic N) is 4. The maximum atomic E-state index is 13.5. The maximum Gasteiger partial charge on any atom is 0.446 e. The molecule has 0 unspecified atom stereocenters. The van der Waals surface area contributed by atoms with Gasteiger partial charge in [-0.05, 0) is 50.9 Å². The molecule has 12 heteroatoms. The van der Waals surface area contributed by atoms with Crippen LogP contribution in [0.25, 0.3) is 17.2 Å². The van der Waals surface area contributed by atoms with E-state index in [9.17, 15) is 14.0 Å². The van der Waals surface area contributed by atoms with Crippen molar-refractivity contribution in [3.8, 4) is 17.2 Å². The number of benzene rings is 1. The van der Waals surface area contributed by atoms with E-state index in [-0.39, 0.29) is 34.2 Å². The number of esters is 1. The van der Waals surface area contributed by atoms with Crippen molar-refractivity contribution in [1.82, 2.24) is 20.0 Å². The van der Waals surface area contributed by atoms with Crippen molar-refractivity contribution in [2.24, 2.45) is 0 Å². The van der Waals surface area contributed by atoms with Gasteiger partial charge in [-0.3, -0.25) is 9.32 Å². The SMILES string of the molecule is COC(=O)CCCNc1nonc1-c1noc(=O)n1-c1ccc(F)c(Br)c1. The van der Waals surface area contributed by atoms with Gasteiger partial charge in [0.2, 0.25) is 11.6 Å². The van der Waals surface area contributed by atoms with Crippen molar-refractivity contribution in [2.45, 2.75) is 12.8 Å². The van der Waals surface area contributed by atoms with Crippen molar-refractivity contribution in [3.05, 3.63) is 39.0 Å². The largest absolute Gasteiger partial charge is 0.469 e. The van der Waals surface area contributed by atoms with E-state index in [0.29, 0.717) is 18.7 Å². The number of hydrogen-bond donors (Lipinski definition) is 1. The number of aromatic nitrogens is 4. The second-order valence-electron chi connectivity index (χ2n) is 5.27. The van der Waals surface area contributed by atoms with Gasteiger partial charge in [0.25, 0.3) is 0 Å². The molecule has 0 aliphatic heterocycles. The first kappa shape index (κ1) is 18.8. The van der Waals surface area contributed by atoms with Crippen molar-refractivity contribution in [3.63, 3.8) is 0 Å². The van der Waals surface area contributed by atoms with Crippen LogP contribution in [0.15, 0.2) is 36.6 Å². The monoisotopic (exact) mass is 441 g/mol. The highest BCUT2D eigenvalue weighted by Crippen LogP contribution is 2.26. The van der Waals surface area contributed by atoms with E-state index in [0.717, 1.165) is 4.57 Å². The fraction of sp³-hybridized carbons (Fsp3) is 0.267. The number of carbonyl (C=O) groups excluding carboxylic acids is 1. The van der Waals surface area contributed by atoms with Crippen LogP contribution >= 0.6 is 15.9 Å². The molecule has 10 nitrogen and oxygen atoms in total. The van der Waals surface area contributed by atoms with Crippen LogP contribution in [0.5, 0.6) is 0 Å². The summed E-state index contributed by atoms with van der Waals surface area (Å²) in [6.45, 7) is 0.375. The van der Waals surface area contributed by atoms with Gasteiger partial charge in [-0.1, -0.05) is 5.16 Å². The third-order valence-electron chi connectivity index (χ3n) is 3.54. The minimum atomic E-state index is -0.789. The Hall–Kier alpha value is -3.02. The third-order valence-corrected chi connectivity index (χ3v) is 4.15. The highest BCUT2D eigenvalue weighted by Gasteiger charge is 2.23. The summed E-state index contributed by atoms with van der Waals surface area (Å²) < 4.78 is 28.8. The fourth-order valence-electron chi connectivity index (χ4n) is 2.24. The van der Waals surface area contributed by atoms with Crippen molar-refractivity contribution >= 4 is 27.7 Å². The molecule has 1 aromatic carbocycles. The van der Waals surface area contributed by atoms with Crippen LogP contribution < -0.4 is 11.1 Å². The number of hydrogen-bond acceptors (Lipinski definition) is 9. The summed E-state index contributed by atoms with van der Waals surface area (Å²) in [6, 6.07) is 3.98. The van der Waals surface area contributed by atoms with Crippen LogP contribution in [0.1, 0.15) is 12.8 Å². The van der Waals surface area contributed by atoms with E-state index >= 15 is 0 Å². The third kappa shape index (κ3) is 4.05. The van der Waals surface area contributed by atoms with Gasteiger partial charge in [0, 0.05) is 13.0 Å². The average Bonchev–Trinajstić information content (AvgIpc) is 3.27. The summed E-state index contributed by atoms with van der Waals surface area (Å²) in [5.41, 5.74) is 0.434. The van der Waals surface area contributed by atoms with Crippen LogP contribution in [0.2, 0.25) is 0 Å². The molecule has 0 radical (unpaired) electrons. The first-order chi connectivity index (χ1) is 13.0. The molecule has 0 saturated carbocycles. The molecule has 1 N–H and O–H groups in total. The standard InChI is InChI=1S/C15H13BrFN5O5/c1-25-11(23)3-2-6-18-13-12(19-27-20-13)14-21-26-15(24)22(14)8-4-5-10(17)9(16)7-8/h4-5,7H,2-3,6H2,1H3,(H,18,20). The van der Waals surface area contributed by atoms with Crippen LogP contribution in [0.4, 0.5) is 10.2 Å². The summed E-state index contributed by atoms with van der Waals surface area (Å²) in [6.07, 6.45) is 0.706. The van der Waals surface area contributed by atoms with Crippen LogP contribution in [-0.4, -0.2) is 39.7 Å². The number of nitrogens with one attached hydrogen (secondary N) is 1. The second-order valence-corrected chi connectivity index (χ2v) is 6.13. The Morgan fingerprint density at radius 3 is 2.93 bits per heavy atom. The Balaban J connectivity index is 1.86. The Kier molecular flexibility index (Phi) is 5.64. The number of rotatable bonds is 7. The number of carbonyl (C=O) groups is 1. The minimum absolute atomic E-state index is 0.0234. The predicted molar refractivity (Wildman–Crippen MR) is 92.8 cm³/mol. The van der Waals surface area contributed by atoms with Gasteiger partial charge >= 0.3 is 11.7 Å². The lowest BCUT2D eigenvalue weighted by Gasteiger charge is -2.05. The molecular weight excluding hydrogens is 429 g/mol. The quantitative estimate of drug-likeness (QED) is 0.433. The lowest BCUT2D eigenvalue weighted by molar-refractivity contribution is -0.140. The predicted octanol–water partition coefficient (Wildman–Crippen LogP) is 2.14. The molecule has 0 fully saturated rings. The highest BCUT2D eigenvalue weighted by atomic mass is 79.9. The van der Waals surface area contributed by atoms with Crippen LogP contribution in [-0.2, 0) is 9.53 Å². The Labute approximate surface area is 159 Å². The van der Waals surface area contributed by atoms with E-state index in [1.807, 2.05) is 0 Å². The summed E-state index contributed by atoms with van der Waals surface area (Å²) in [5, 5.41) is 14.1. The van der Waals surface area contributed by atoms with E-state index in [1.165, 1.54) is 25.3 Å². The topological polar surface area (TPSA) is 125 Å². The maximum absolute atomic E-state index is 13.5. The zero-order valence-electron chi connectivity index (χ0n) is 13.9. The first-order valence-corrected chi connectivity index (χ1v) is 8.48. The molecule has 3 rings (SSSR count). The summed E-state index contributed by atoms with van der Waals surface area (Å²) in [7, 11) is 1.31. The summed E-state index contributed by atoms with van der Waals surface area (Å²) in [5.74, 6) is -1.37. The Morgan fingerprint density at radius 2 is 2.19 bits per heavy atom. The Morgan fingerprint density at radius 1 is 1.37 bits per heavy atom. The highest BCUT2D eigenvalue weighted by molar-refractivity contribution is 9.10. The Bertz CT molecular complexity index is 1010. The van der Waals surface area contributed by atoms with Gasteiger partial charge in [-0.25, -0.2) is 18.4 Å². The molecule has 3 aromatic rings. The van der Waals surface area contributed by atoms with E-state index in [4.69, 9.17) is 9.15 Å². The molecule has 2 aromatic heterocycles. The number of anilines is 1. The number of halogens is 2. The van der Waals surface area contributed by atoms with Gasteiger partial charge in [0.15, 0.2) is 5.69 Å². The normalized spacial score (nSPS) is 10.8. The molecule has 0 amide bonds. The zero-order chi connectivity index (χ0) is 19.4. The lowest BCUT2D eigenvalue weighted by atomic mass is 10.3. The molecule has 0 saturated heterocycles. The summed E-state index contributed by atoms with van der Waals surface area (Å²) >= 11 is 3.07. The lowest BCUT2D eigenvalue weighted by Crippen LogP contribution is -2.14.